The number of rotatable bonds is 5. The van der Waals surface area contributed by atoms with Crippen LogP contribution in [0.5, 0.6) is 0 Å². The van der Waals surface area contributed by atoms with E-state index in [1.54, 1.807) is 0 Å². The van der Waals surface area contributed by atoms with Gasteiger partial charge in [-0.1, -0.05) is 48.5 Å². The zero-order chi connectivity index (χ0) is 18.9. The van der Waals surface area contributed by atoms with E-state index >= 15 is 0 Å². The normalized spacial score (nSPS) is 19.5. The van der Waals surface area contributed by atoms with Gasteiger partial charge in [0.25, 0.3) is 5.91 Å². The fraction of sp³-hybridized carbons (Fsp3) is 0.250. The molecular weight excluding hydrogens is 330 g/mol. The maximum Gasteiger partial charge on any atom is 0.325 e. The van der Waals surface area contributed by atoms with Crippen molar-refractivity contribution in [2.75, 3.05) is 6.54 Å². The molecule has 1 heterocycles. The molecular formula is C20H21N3O3. The van der Waals surface area contributed by atoms with E-state index in [9.17, 15) is 14.4 Å². The Labute approximate surface area is 152 Å². The third kappa shape index (κ3) is 2.83. The van der Waals surface area contributed by atoms with Crippen LogP contribution in [0, 0.1) is 13.8 Å². The first-order valence-electron chi connectivity index (χ1n) is 8.42. The molecule has 1 aliphatic rings. The molecule has 0 saturated carbocycles. The van der Waals surface area contributed by atoms with Crippen molar-refractivity contribution in [2.24, 2.45) is 5.73 Å². The molecule has 0 unspecified atom stereocenters. The molecule has 26 heavy (non-hydrogen) atoms. The molecule has 4 amide bonds. The van der Waals surface area contributed by atoms with Crippen LogP contribution in [0.1, 0.15) is 28.7 Å². The van der Waals surface area contributed by atoms with Gasteiger partial charge in [0.15, 0.2) is 5.54 Å². The average molecular weight is 351 g/mol. The van der Waals surface area contributed by atoms with E-state index in [0.29, 0.717) is 11.1 Å². The lowest BCUT2D eigenvalue weighted by atomic mass is 9.81. The maximum absolute atomic E-state index is 13.3. The standard InChI is InChI=1S/C20H21N3O3/c1-13-8-9-16(12-14(13)2)20(15-6-4-3-5-7-15)18(25)23(19(26)22-20)11-10-17(21)24/h3-9,12H,10-11H2,1-2H3,(H2,21,24)(H,22,26)/t20-/m0/s1. The Balaban J connectivity index is 2.14. The lowest BCUT2D eigenvalue weighted by Gasteiger charge is -2.28. The smallest absolute Gasteiger partial charge is 0.325 e. The third-order valence-electron chi connectivity index (χ3n) is 4.83. The summed E-state index contributed by atoms with van der Waals surface area (Å²) in [7, 11) is 0. The van der Waals surface area contributed by atoms with E-state index in [2.05, 4.69) is 5.32 Å². The second kappa shape index (κ2) is 6.63. The van der Waals surface area contributed by atoms with Crippen molar-refractivity contribution in [1.82, 2.24) is 10.2 Å². The first-order chi connectivity index (χ1) is 12.4. The average Bonchev–Trinajstić information content (AvgIpc) is 2.87. The number of benzene rings is 2. The van der Waals surface area contributed by atoms with E-state index in [0.717, 1.165) is 16.0 Å². The molecule has 3 rings (SSSR count). The van der Waals surface area contributed by atoms with Crippen LogP contribution in [-0.4, -0.2) is 29.3 Å². The molecule has 0 bridgehead atoms. The van der Waals surface area contributed by atoms with Crippen LogP contribution in [0.25, 0.3) is 0 Å². The second-order valence-electron chi connectivity index (χ2n) is 6.52. The van der Waals surface area contributed by atoms with Crippen LogP contribution in [0.3, 0.4) is 0 Å². The van der Waals surface area contributed by atoms with Crippen molar-refractivity contribution in [3.63, 3.8) is 0 Å². The van der Waals surface area contributed by atoms with Gasteiger partial charge in [-0.25, -0.2) is 4.79 Å². The minimum absolute atomic E-state index is 0.0422. The number of urea groups is 1. The first-order valence-corrected chi connectivity index (χ1v) is 8.42. The van der Waals surface area contributed by atoms with Crippen molar-refractivity contribution < 1.29 is 14.4 Å². The highest BCUT2D eigenvalue weighted by Crippen LogP contribution is 2.36. The van der Waals surface area contributed by atoms with Gasteiger partial charge < -0.3 is 11.1 Å². The predicted octanol–water partition coefficient (Wildman–Crippen LogP) is 1.97. The largest absolute Gasteiger partial charge is 0.370 e. The van der Waals surface area contributed by atoms with E-state index in [4.69, 9.17) is 5.73 Å². The van der Waals surface area contributed by atoms with Gasteiger partial charge in [0.1, 0.15) is 0 Å². The summed E-state index contributed by atoms with van der Waals surface area (Å²) in [6.07, 6.45) is -0.0725. The van der Waals surface area contributed by atoms with Crippen LogP contribution in [0.2, 0.25) is 0 Å². The molecule has 1 fully saturated rings. The summed E-state index contributed by atoms with van der Waals surface area (Å²) in [5.41, 5.74) is 7.34. The topological polar surface area (TPSA) is 92.5 Å². The summed E-state index contributed by atoms with van der Waals surface area (Å²) < 4.78 is 0. The number of imide groups is 1. The number of aryl methyl sites for hydroxylation is 2. The fourth-order valence-electron chi connectivity index (χ4n) is 3.22. The number of nitrogens with one attached hydrogen (secondary N) is 1. The second-order valence-corrected chi connectivity index (χ2v) is 6.52. The molecule has 1 aliphatic heterocycles. The minimum atomic E-state index is -1.31. The highest BCUT2D eigenvalue weighted by Gasteiger charge is 2.53. The molecule has 0 radical (unpaired) electrons. The summed E-state index contributed by atoms with van der Waals surface area (Å²) >= 11 is 0. The lowest BCUT2D eigenvalue weighted by Crippen LogP contribution is -2.45. The Morgan fingerprint density at radius 3 is 2.35 bits per heavy atom. The van der Waals surface area contributed by atoms with Gasteiger partial charge in [0.2, 0.25) is 5.91 Å². The van der Waals surface area contributed by atoms with Gasteiger partial charge in [-0.2, -0.15) is 0 Å². The van der Waals surface area contributed by atoms with Gasteiger partial charge in [-0.3, -0.25) is 14.5 Å². The number of hydrogen-bond acceptors (Lipinski definition) is 3. The molecule has 6 heteroatoms. The molecule has 1 saturated heterocycles. The van der Waals surface area contributed by atoms with Crippen LogP contribution in [0.15, 0.2) is 48.5 Å². The number of nitrogens with zero attached hydrogens (tertiary/aromatic N) is 1. The number of amides is 4. The number of carbonyl (C=O) groups is 3. The summed E-state index contributed by atoms with van der Waals surface area (Å²) in [6, 6.07) is 14.3. The molecule has 134 valence electrons. The summed E-state index contributed by atoms with van der Waals surface area (Å²) in [6.45, 7) is 3.91. The Morgan fingerprint density at radius 2 is 1.73 bits per heavy atom. The molecule has 1 atom stereocenters. The van der Waals surface area contributed by atoms with Crippen molar-refractivity contribution in [3.05, 3.63) is 70.8 Å². The van der Waals surface area contributed by atoms with E-state index in [1.807, 2.05) is 62.4 Å². The Hall–Kier alpha value is -3.15. The molecule has 0 aromatic heterocycles. The lowest BCUT2D eigenvalue weighted by molar-refractivity contribution is -0.130. The molecule has 6 nitrogen and oxygen atoms in total. The van der Waals surface area contributed by atoms with E-state index < -0.39 is 23.4 Å². The summed E-state index contributed by atoms with van der Waals surface area (Å²) in [5.74, 6) is -0.966. The quantitative estimate of drug-likeness (QED) is 0.807. The Kier molecular flexibility index (Phi) is 4.50. The Bertz CT molecular complexity index is 879. The van der Waals surface area contributed by atoms with Crippen molar-refractivity contribution in [2.45, 2.75) is 25.8 Å². The molecule has 2 aromatic carbocycles. The highest BCUT2D eigenvalue weighted by molar-refractivity contribution is 6.09. The molecule has 2 aromatic rings. The summed E-state index contributed by atoms with van der Waals surface area (Å²) in [5, 5.41) is 2.86. The first kappa shape index (κ1) is 17.7. The molecule has 3 N–H and O–H groups in total. The van der Waals surface area contributed by atoms with Gasteiger partial charge in [-0.05, 0) is 36.1 Å². The SMILES string of the molecule is Cc1ccc([C@]2(c3ccccc3)NC(=O)N(CCC(N)=O)C2=O)cc1C. The van der Waals surface area contributed by atoms with Gasteiger partial charge in [0, 0.05) is 13.0 Å². The van der Waals surface area contributed by atoms with Crippen molar-refractivity contribution in [1.29, 1.82) is 0 Å². The minimum Gasteiger partial charge on any atom is -0.370 e. The van der Waals surface area contributed by atoms with E-state index in [1.165, 1.54) is 0 Å². The van der Waals surface area contributed by atoms with Crippen LogP contribution < -0.4 is 11.1 Å². The van der Waals surface area contributed by atoms with Crippen LogP contribution >= 0.6 is 0 Å². The van der Waals surface area contributed by atoms with Crippen LogP contribution in [0.4, 0.5) is 4.79 Å². The van der Waals surface area contributed by atoms with Gasteiger partial charge in [0.05, 0.1) is 0 Å². The highest BCUT2D eigenvalue weighted by atomic mass is 16.2. The Morgan fingerprint density at radius 1 is 1.04 bits per heavy atom. The number of nitrogens with two attached hydrogens (primary N) is 1. The zero-order valence-corrected chi connectivity index (χ0v) is 14.8. The van der Waals surface area contributed by atoms with Crippen molar-refractivity contribution >= 4 is 17.8 Å². The van der Waals surface area contributed by atoms with Gasteiger partial charge in [-0.15, -0.1) is 0 Å². The number of primary amides is 1. The van der Waals surface area contributed by atoms with Crippen LogP contribution in [-0.2, 0) is 15.1 Å². The number of carbonyl (C=O) groups excluding carboxylic acids is 3. The summed E-state index contributed by atoms with van der Waals surface area (Å²) in [4.78, 5) is 38.1. The van der Waals surface area contributed by atoms with Crippen molar-refractivity contribution in [3.8, 4) is 0 Å². The van der Waals surface area contributed by atoms with E-state index in [-0.39, 0.29) is 13.0 Å². The fourth-order valence-corrected chi connectivity index (χ4v) is 3.22. The zero-order valence-electron chi connectivity index (χ0n) is 14.8. The molecule has 0 aliphatic carbocycles. The maximum atomic E-state index is 13.3. The molecule has 0 spiro atoms. The predicted molar refractivity (Wildman–Crippen MR) is 97.2 cm³/mol. The number of hydrogen-bond donors (Lipinski definition) is 2. The monoisotopic (exact) mass is 351 g/mol. The third-order valence-corrected chi connectivity index (χ3v) is 4.83. The van der Waals surface area contributed by atoms with Gasteiger partial charge >= 0.3 is 6.03 Å².